The lowest BCUT2D eigenvalue weighted by atomic mass is 10.2. The molecule has 0 saturated heterocycles. The molecule has 0 atom stereocenters. The summed E-state index contributed by atoms with van der Waals surface area (Å²) in [4.78, 5) is 13.1. The molecular weight excluding hydrogens is 214 g/mol. The first-order chi connectivity index (χ1) is 7.11. The van der Waals surface area contributed by atoms with Crippen LogP contribution in [0.2, 0.25) is 0 Å². The highest BCUT2D eigenvalue weighted by Gasteiger charge is 2.09. The zero-order chi connectivity index (χ0) is 11.3. The molecular formula is C10H13NO3S. The van der Waals surface area contributed by atoms with Gasteiger partial charge in [0.2, 0.25) is 5.78 Å². The highest BCUT2D eigenvalue weighted by molar-refractivity contribution is 7.80. The Labute approximate surface area is 93.8 Å². The number of ether oxygens (including phenoxy) is 1. The van der Waals surface area contributed by atoms with Crippen LogP contribution in [0, 0.1) is 0 Å². The van der Waals surface area contributed by atoms with Gasteiger partial charge in [0, 0.05) is 20.5 Å². The number of carbonyl (C=O) groups is 1. The Morgan fingerprint density at radius 1 is 1.60 bits per heavy atom. The minimum absolute atomic E-state index is 0.0819. The van der Waals surface area contributed by atoms with Crippen molar-refractivity contribution >= 4 is 23.2 Å². The predicted molar refractivity (Wildman–Crippen MR) is 59.9 cm³/mol. The normalized spacial score (nSPS) is 9.73. The molecule has 1 aromatic rings. The standard InChI is InChI=1S/C10H13NO3S/c1-11(2)10(15)14-7-5-8(12)9-4-3-6-13-9/h3-4,6H,5,7H2,1-2H3. The lowest BCUT2D eigenvalue weighted by molar-refractivity contribution is 0.0929. The number of thiocarbonyl (C=S) groups is 1. The minimum Gasteiger partial charge on any atom is -0.470 e. The van der Waals surface area contributed by atoms with E-state index in [0.717, 1.165) is 0 Å². The molecule has 0 aliphatic heterocycles. The molecule has 0 amide bonds. The van der Waals surface area contributed by atoms with Gasteiger partial charge in [0.1, 0.15) is 0 Å². The zero-order valence-electron chi connectivity index (χ0n) is 8.73. The molecule has 4 nitrogen and oxygen atoms in total. The molecule has 0 fully saturated rings. The van der Waals surface area contributed by atoms with Crippen LogP contribution in [-0.4, -0.2) is 36.6 Å². The molecule has 1 rings (SSSR count). The second-order valence-electron chi connectivity index (χ2n) is 3.16. The first-order valence-corrected chi connectivity index (χ1v) is 4.93. The van der Waals surface area contributed by atoms with Crippen LogP contribution in [0.15, 0.2) is 22.8 Å². The van der Waals surface area contributed by atoms with Gasteiger partial charge in [-0.25, -0.2) is 0 Å². The maximum Gasteiger partial charge on any atom is 0.258 e. The summed E-state index contributed by atoms with van der Waals surface area (Å²) in [6.45, 7) is 0.274. The van der Waals surface area contributed by atoms with Gasteiger partial charge in [-0.15, -0.1) is 0 Å². The third-order valence-corrected chi connectivity index (χ3v) is 2.20. The van der Waals surface area contributed by atoms with Crippen LogP contribution in [0.5, 0.6) is 0 Å². The van der Waals surface area contributed by atoms with Crippen molar-refractivity contribution in [3.63, 3.8) is 0 Å². The first kappa shape index (κ1) is 11.7. The topological polar surface area (TPSA) is 42.7 Å². The Bertz CT molecular complexity index is 332. The van der Waals surface area contributed by atoms with Gasteiger partial charge in [-0.05, 0) is 24.4 Å². The van der Waals surface area contributed by atoms with Crippen LogP contribution in [0.25, 0.3) is 0 Å². The highest BCUT2D eigenvalue weighted by atomic mass is 32.1. The SMILES string of the molecule is CN(C)C(=S)OCCC(=O)c1ccco1. The number of hydrogen-bond donors (Lipinski definition) is 0. The molecule has 0 radical (unpaired) electrons. The Morgan fingerprint density at radius 3 is 2.87 bits per heavy atom. The van der Waals surface area contributed by atoms with Crippen molar-refractivity contribution in [3.05, 3.63) is 24.2 Å². The molecule has 82 valence electrons. The average Bonchev–Trinajstić information content (AvgIpc) is 2.70. The van der Waals surface area contributed by atoms with E-state index in [4.69, 9.17) is 21.4 Å². The summed E-state index contributed by atoms with van der Waals surface area (Å²) in [5, 5.41) is 0.377. The highest BCUT2D eigenvalue weighted by Crippen LogP contribution is 2.04. The lowest BCUT2D eigenvalue weighted by Gasteiger charge is -2.13. The Morgan fingerprint density at radius 2 is 2.33 bits per heavy atom. The zero-order valence-corrected chi connectivity index (χ0v) is 9.54. The molecule has 0 saturated carbocycles. The summed E-state index contributed by atoms with van der Waals surface area (Å²) in [6.07, 6.45) is 1.74. The van der Waals surface area contributed by atoms with Gasteiger partial charge in [0.15, 0.2) is 5.76 Å². The molecule has 0 aliphatic rings. The monoisotopic (exact) mass is 227 g/mol. The summed E-state index contributed by atoms with van der Waals surface area (Å²) in [5.41, 5.74) is 0. The fraction of sp³-hybridized carbons (Fsp3) is 0.400. The number of furan rings is 1. The van der Waals surface area contributed by atoms with Gasteiger partial charge in [-0.1, -0.05) is 0 Å². The van der Waals surface area contributed by atoms with Crippen molar-refractivity contribution in [2.24, 2.45) is 0 Å². The second-order valence-corrected chi connectivity index (χ2v) is 3.51. The summed E-state index contributed by atoms with van der Waals surface area (Å²) in [6, 6.07) is 3.31. The van der Waals surface area contributed by atoms with E-state index in [1.54, 1.807) is 31.1 Å². The van der Waals surface area contributed by atoms with Gasteiger partial charge in [0.05, 0.1) is 12.9 Å². The van der Waals surface area contributed by atoms with E-state index in [-0.39, 0.29) is 18.8 Å². The summed E-state index contributed by atoms with van der Waals surface area (Å²) >= 11 is 4.90. The smallest absolute Gasteiger partial charge is 0.258 e. The van der Waals surface area contributed by atoms with E-state index in [0.29, 0.717) is 10.9 Å². The van der Waals surface area contributed by atoms with Crippen LogP contribution >= 0.6 is 12.2 Å². The first-order valence-electron chi connectivity index (χ1n) is 4.52. The summed E-state index contributed by atoms with van der Waals surface area (Å²) in [5.74, 6) is 0.274. The molecule has 0 N–H and O–H groups in total. The maximum absolute atomic E-state index is 11.4. The molecule has 0 unspecified atom stereocenters. The summed E-state index contributed by atoms with van der Waals surface area (Å²) in [7, 11) is 3.58. The Balaban J connectivity index is 2.27. The van der Waals surface area contributed by atoms with Crippen molar-refractivity contribution < 1.29 is 13.9 Å². The van der Waals surface area contributed by atoms with Gasteiger partial charge < -0.3 is 14.1 Å². The van der Waals surface area contributed by atoms with Crippen LogP contribution in [0.3, 0.4) is 0 Å². The molecule has 15 heavy (non-hydrogen) atoms. The van der Waals surface area contributed by atoms with E-state index >= 15 is 0 Å². The van der Waals surface area contributed by atoms with Gasteiger partial charge >= 0.3 is 0 Å². The molecule has 1 aromatic heterocycles. The second kappa shape index (κ2) is 5.50. The third-order valence-electron chi connectivity index (χ3n) is 1.72. The third kappa shape index (κ3) is 3.71. The predicted octanol–water partition coefficient (Wildman–Crippen LogP) is 1.72. The number of ketones is 1. The van der Waals surface area contributed by atoms with Crippen LogP contribution in [-0.2, 0) is 4.74 Å². The Kier molecular flexibility index (Phi) is 4.30. The van der Waals surface area contributed by atoms with E-state index in [2.05, 4.69) is 0 Å². The molecule has 1 heterocycles. The number of nitrogens with zero attached hydrogens (tertiary/aromatic N) is 1. The van der Waals surface area contributed by atoms with Crippen molar-refractivity contribution in [1.82, 2.24) is 4.90 Å². The fourth-order valence-electron chi connectivity index (χ4n) is 0.921. The van der Waals surface area contributed by atoms with E-state index in [1.165, 1.54) is 6.26 Å². The van der Waals surface area contributed by atoms with Crippen molar-refractivity contribution in [1.29, 1.82) is 0 Å². The number of Topliss-reactive ketones (excluding diaryl/α,β-unsaturated/α-hetero) is 1. The molecule has 0 bridgehead atoms. The molecule has 0 spiro atoms. The van der Waals surface area contributed by atoms with Crippen molar-refractivity contribution in [2.75, 3.05) is 20.7 Å². The number of carbonyl (C=O) groups excluding carboxylic acids is 1. The molecule has 5 heteroatoms. The number of hydrogen-bond acceptors (Lipinski definition) is 4. The largest absolute Gasteiger partial charge is 0.470 e. The van der Waals surface area contributed by atoms with Gasteiger partial charge in [-0.3, -0.25) is 4.79 Å². The van der Waals surface area contributed by atoms with Crippen molar-refractivity contribution in [2.45, 2.75) is 6.42 Å². The molecule has 0 aliphatic carbocycles. The van der Waals surface area contributed by atoms with Gasteiger partial charge in [-0.2, -0.15) is 0 Å². The fourth-order valence-corrected chi connectivity index (χ4v) is 1.00. The number of rotatable bonds is 4. The summed E-state index contributed by atoms with van der Waals surface area (Å²) < 4.78 is 10.1. The molecule has 0 aromatic carbocycles. The minimum atomic E-state index is -0.0819. The average molecular weight is 227 g/mol. The quantitative estimate of drug-likeness (QED) is 0.578. The van der Waals surface area contributed by atoms with Crippen LogP contribution in [0.1, 0.15) is 17.0 Å². The van der Waals surface area contributed by atoms with E-state index in [9.17, 15) is 4.79 Å². The van der Waals surface area contributed by atoms with Crippen LogP contribution in [0.4, 0.5) is 0 Å². The van der Waals surface area contributed by atoms with Gasteiger partial charge in [0.25, 0.3) is 5.17 Å². The van der Waals surface area contributed by atoms with E-state index in [1.807, 2.05) is 0 Å². The van der Waals surface area contributed by atoms with E-state index < -0.39 is 0 Å². The van der Waals surface area contributed by atoms with Crippen molar-refractivity contribution in [3.8, 4) is 0 Å². The Hall–Kier alpha value is -1.36. The maximum atomic E-state index is 11.4. The lowest BCUT2D eigenvalue weighted by Crippen LogP contribution is -2.23. The van der Waals surface area contributed by atoms with Crippen LogP contribution < -0.4 is 0 Å².